The lowest BCUT2D eigenvalue weighted by Crippen LogP contribution is -2.27. The fourth-order valence-electron chi connectivity index (χ4n) is 5.22. The Labute approximate surface area is 228 Å². The van der Waals surface area contributed by atoms with Crippen LogP contribution < -0.4 is 5.76 Å². The van der Waals surface area contributed by atoms with Gasteiger partial charge in [-0.3, -0.25) is 14.5 Å². The molecule has 0 saturated heterocycles. The van der Waals surface area contributed by atoms with E-state index in [9.17, 15) is 9.18 Å². The molecule has 0 aliphatic heterocycles. The summed E-state index contributed by atoms with van der Waals surface area (Å²) in [6, 6.07) is 5.73. The van der Waals surface area contributed by atoms with E-state index in [1.54, 1.807) is 17.7 Å². The molecule has 0 radical (unpaired) electrons. The molecule has 3 heterocycles. The van der Waals surface area contributed by atoms with Gasteiger partial charge < -0.3 is 4.57 Å². The van der Waals surface area contributed by atoms with Crippen molar-refractivity contribution < 1.29 is 13.3 Å². The van der Waals surface area contributed by atoms with E-state index >= 15 is 4.39 Å². The molecule has 39 heavy (non-hydrogen) atoms. The number of imidazole rings is 1. The minimum Gasteiger partial charge on any atom is -0.322 e. The van der Waals surface area contributed by atoms with Crippen LogP contribution in [0.5, 0.6) is 0 Å². The molecule has 9 nitrogen and oxygen atoms in total. The van der Waals surface area contributed by atoms with E-state index in [2.05, 4.69) is 41.5 Å². The average Bonchev–Trinajstić information content (AvgIpc) is 3.52. The molecule has 12 heteroatoms. The Kier molecular flexibility index (Phi) is 7.44. The van der Waals surface area contributed by atoms with E-state index < -0.39 is 17.2 Å². The number of nitrogens with zero attached hydrogens (tertiary/aromatic N) is 6. The van der Waals surface area contributed by atoms with Gasteiger partial charge in [-0.2, -0.15) is 0 Å². The molecule has 1 unspecified atom stereocenters. The number of benzene rings is 1. The Bertz CT molecular complexity index is 1610. The minimum atomic E-state index is -2.31. The van der Waals surface area contributed by atoms with Crippen LogP contribution in [0.15, 0.2) is 44.1 Å². The number of allylic oxidation sites excluding steroid dienone is 1. The van der Waals surface area contributed by atoms with Crippen LogP contribution in [0, 0.1) is 17.7 Å². The van der Waals surface area contributed by atoms with Gasteiger partial charge in [-0.1, -0.05) is 54.7 Å². The molecular weight excluding hydrogens is 528 g/mol. The van der Waals surface area contributed by atoms with Crippen molar-refractivity contribution in [3.05, 3.63) is 63.3 Å². The lowest BCUT2D eigenvalue weighted by Gasteiger charge is -2.29. The normalized spacial score (nSPS) is 20.1. The van der Waals surface area contributed by atoms with Gasteiger partial charge in [0.15, 0.2) is 17.1 Å². The van der Waals surface area contributed by atoms with Gasteiger partial charge in [-0.15, -0.1) is 0 Å². The summed E-state index contributed by atoms with van der Waals surface area (Å²) in [4.78, 5) is 31.9. The van der Waals surface area contributed by atoms with Crippen molar-refractivity contribution in [2.45, 2.75) is 51.7 Å². The highest BCUT2D eigenvalue weighted by molar-refractivity contribution is 6.33. The number of hydrogen-bond donors (Lipinski definition) is 1. The number of fused-ring (bicyclic) bond motifs is 1. The maximum atomic E-state index is 16.8. The fourth-order valence-corrected chi connectivity index (χ4v) is 5.38. The van der Waals surface area contributed by atoms with Crippen LogP contribution in [0.25, 0.3) is 28.4 Å². The monoisotopic (exact) mass is 555 g/mol. The Morgan fingerprint density at radius 2 is 2.00 bits per heavy atom. The zero-order chi connectivity index (χ0) is 27.7. The molecule has 1 atom stereocenters. The summed E-state index contributed by atoms with van der Waals surface area (Å²) in [7, 11) is 1.58. The smallest absolute Gasteiger partial charge is 0.322 e. The number of halogens is 3. The third-order valence-electron chi connectivity index (χ3n) is 7.29. The number of H-pyrrole nitrogens is 1. The summed E-state index contributed by atoms with van der Waals surface area (Å²) in [5.74, 6) is -0.631. The maximum Gasteiger partial charge on any atom is 0.439 e. The number of hydrogen-bond acceptors (Lipinski definition) is 7. The largest absolute Gasteiger partial charge is 0.439 e. The highest BCUT2D eigenvalue weighted by atomic mass is 35.5. The predicted octanol–water partition coefficient (Wildman–Crippen LogP) is 5.65. The first-order valence-corrected chi connectivity index (χ1v) is 13.2. The number of aromatic amines is 1. The molecule has 1 aliphatic rings. The Morgan fingerprint density at radius 1 is 1.26 bits per heavy atom. The molecule has 1 fully saturated rings. The third-order valence-corrected chi connectivity index (χ3v) is 7.53. The van der Waals surface area contributed by atoms with Gasteiger partial charge in [-0.25, -0.2) is 28.5 Å². The van der Waals surface area contributed by atoms with Crippen molar-refractivity contribution in [3.63, 3.8) is 0 Å². The number of rotatable bonds is 7. The van der Waals surface area contributed by atoms with E-state index in [-0.39, 0.29) is 34.6 Å². The number of nitrogens with one attached hydrogen (secondary N) is 1. The molecule has 3 aromatic heterocycles. The van der Waals surface area contributed by atoms with Crippen LogP contribution in [0.2, 0.25) is 0 Å². The summed E-state index contributed by atoms with van der Waals surface area (Å²) in [5, 5.41) is 3.69. The third kappa shape index (κ3) is 5.15. The second-order valence-electron chi connectivity index (χ2n) is 10.1. The second kappa shape index (κ2) is 10.8. The average molecular weight is 556 g/mol. The van der Waals surface area contributed by atoms with Gasteiger partial charge in [0.1, 0.15) is 17.0 Å². The van der Waals surface area contributed by atoms with Gasteiger partial charge in [0.2, 0.25) is 11.6 Å². The van der Waals surface area contributed by atoms with Crippen molar-refractivity contribution >= 4 is 34.6 Å². The van der Waals surface area contributed by atoms with Crippen molar-refractivity contribution in [1.29, 1.82) is 0 Å². The summed E-state index contributed by atoms with van der Waals surface area (Å²) in [5.41, 5.74) is 0.134. The van der Waals surface area contributed by atoms with Crippen molar-refractivity contribution in [2.75, 3.05) is 7.05 Å². The fraction of sp³-hybridized carbons (Fsp3) is 0.407. The molecule has 0 spiro atoms. The predicted molar refractivity (Wildman–Crippen MR) is 145 cm³/mol. The number of aromatic nitrogens is 6. The molecule has 0 amide bonds. The molecule has 1 saturated carbocycles. The molecule has 5 rings (SSSR count). The Balaban J connectivity index is 1.80. The van der Waals surface area contributed by atoms with E-state index in [0.29, 0.717) is 29.2 Å². The van der Waals surface area contributed by atoms with Gasteiger partial charge >= 0.3 is 5.76 Å². The summed E-state index contributed by atoms with van der Waals surface area (Å²) in [6.07, 6.45) is 5.57. The molecule has 4 aromatic rings. The first kappa shape index (κ1) is 26.9. The molecule has 204 valence electrons. The summed E-state index contributed by atoms with van der Waals surface area (Å²) in [6.45, 7) is 3.96. The standard InChI is InChI=1S/C27H28ClF2N7O2/c1-15-8-10-16(11-9-15)14-37-21-20(17(12-28)13-31-3)32-23(24-35-26(38)39-36-24)33-22(21)34-25(37)27(2,30)18-6-4-5-7-19(18)29/h4-7,12-13,15-16H,8-11,14H2,1-3H3,(H,35,36,38)/b17-12+,31-13?. The van der Waals surface area contributed by atoms with Crippen LogP contribution >= 0.6 is 11.6 Å². The van der Waals surface area contributed by atoms with Crippen LogP contribution in [0.4, 0.5) is 8.78 Å². The Morgan fingerprint density at radius 3 is 2.64 bits per heavy atom. The van der Waals surface area contributed by atoms with Crippen LogP contribution in [0.1, 0.15) is 56.6 Å². The summed E-state index contributed by atoms with van der Waals surface area (Å²) < 4.78 is 38.1. The Hall–Kier alpha value is -3.73. The topological polar surface area (TPSA) is 115 Å². The first-order valence-electron chi connectivity index (χ1n) is 12.7. The van der Waals surface area contributed by atoms with E-state index in [1.807, 2.05) is 0 Å². The first-order chi connectivity index (χ1) is 18.7. The van der Waals surface area contributed by atoms with Gasteiger partial charge in [0, 0.05) is 36.5 Å². The van der Waals surface area contributed by atoms with Crippen molar-refractivity contribution in [2.24, 2.45) is 16.8 Å². The molecule has 0 bridgehead atoms. The zero-order valence-electron chi connectivity index (χ0n) is 21.8. The molecular formula is C27H28ClF2N7O2. The highest BCUT2D eigenvalue weighted by Gasteiger charge is 2.39. The molecule has 1 N–H and O–H groups in total. The van der Waals surface area contributed by atoms with Gasteiger partial charge in [0.25, 0.3) is 0 Å². The SMILES string of the molecule is CN=C/C(=C\Cl)c1nc(-c2noc(=O)[nH]2)nc2nc(C(C)(F)c3ccccc3F)n(CC3CCC(C)CC3)c12. The quantitative estimate of drug-likeness (QED) is 0.295. The van der Waals surface area contributed by atoms with Crippen LogP contribution in [-0.4, -0.2) is 42.9 Å². The molecule has 1 aromatic carbocycles. The van der Waals surface area contributed by atoms with Crippen LogP contribution in [0.3, 0.4) is 0 Å². The highest BCUT2D eigenvalue weighted by Crippen LogP contribution is 2.39. The maximum absolute atomic E-state index is 16.8. The van der Waals surface area contributed by atoms with Crippen LogP contribution in [-0.2, 0) is 12.2 Å². The van der Waals surface area contributed by atoms with Gasteiger partial charge in [-0.05, 0) is 37.7 Å². The van der Waals surface area contributed by atoms with Crippen molar-refractivity contribution in [3.8, 4) is 11.6 Å². The number of alkyl halides is 1. The zero-order valence-corrected chi connectivity index (χ0v) is 22.5. The molecule has 1 aliphatic carbocycles. The lowest BCUT2D eigenvalue weighted by atomic mass is 9.83. The van der Waals surface area contributed by atoms with E-state index in [0.717, 1.165) is 25.7 Å². The lowest BCUT2D eigenvalue weighted by molar-refractivity contribution is 0.209. The second-order valence-corrected chi connectivity index (χ2v) is 10.3. The van der Waals surface area contributed by atoms with E-state index in [4.69, 9.17) is 11.6 Å². The minimum absolute atomic E-state index is 0.00184. The van der Waals surface area contributed by atoms with Crippen molar-refractivity contribution in [1.82, 2.24) is 29.7 Å². The van der Waals surface area contributed by atoms with E-state index in [1.165, 1.54) is 36.9 Å². The number of aliphatic imine (C=N–C) groups is 1. The summed E-state index contributed by atoms with van der Waals surface area (Å²) >= 11 is 6.20. The van der Waals surface area contributed by atoms with Gasteiger partial charge in [0.05, 0.1) is 0 Å².